The van der Waals surface area contributed by atoms with E-state index >= 15 is 0 Å². The Labute approximate surface area is 103 Å². The van der Waals surface area contributed by atoms with Crippen molar-refractivity contribution in [1.29, 1.82) is 0 Å². The Bertz CT molecular complexity index is 380. The molecule has 0 radical (unpaired) electrons. The highest BCUT2D eigenvalue weighted by molar-refractivity contribution is 5.92. The molecule has 1 aromatic rings. The molecule has 0 atom stereocenters. The first-order chi connectivity index (χ1) is 8.16. The maximum Gasteiger partial charge on any atom is 0.178 e. The van der Waals surface area contributed by atoms with Gasteiger partial charge in [-0.3, -0.25) is 9.78 Å². The summed E-state index contributed by atoms with van der Waals surface area (Å²) in [5.41, 5.74) is 1.64. The third-order valence-corrected chi connectivity index (χ3v) is 3.56. The molecule has 1 heterocycles. The number of carbonyl (C=O) groups excluding carboxylic acids is 1. The lowest BCUT2D eigenvalue weighted by Gasteiger charge is -2.22. The van der Waals surface area contributed by atoms with E-state index in [0.717, 1.165) is 18.2 Å². The molecule has 0 spiro atoms. The van der Waals surface area contributed by atoms with Gasteiger partial charge in [-0.15, -0.1) is 0 Å². The molecule has 0 aromatic carbocycles. The summed E-state index contributed by atoms with van der Waals surface area (Å²) in [4.78, 5) is 17.6. The zero-order valence-electron chi connectivity index (χ0n) is 10.6. The number of hydrogen-bond acceptors (Lipinski definition) is 3. The molecule has 1 aliphatic rings. The molecule has 92 valence electrons. The number of nitrogens with zero attached hydrogens (tertiary/aromatic N) is 2. The average Bonchev–Trinajstić information content (AvgIpc) is 2.82. The molecule has 0 N–H and O–H groups in total. The van der Waals surface area contributed by atoms with Gasteiger partial charge in [-0.2, -0.15) is 0 Å². The van der Waals surface area contributed by atoms with E-state index in [-0.39, 0.29) is 5.78 Å². The molecule has 0 unspecified atom stereocenters. The fourth-order valence-corrected chi connectivity index (χ4v) is 2.51. The van der Waals surface area contributed by atoms with Crippen molar-refractivity contribution >= 4 is 11.5 Å². The number of hydrogen-bond donors (Lipinski definition) is 0. The molecule has 1 aromatic heterocycles. The standard InChI is InChI=1S/C14H20N2O/c1-11(17)14-8-7-13(9-15-14)16(2)10-12-5-3-4-6-12/h7-9,12H,3-6,10H2,1-2H3. The Hall–Kier alpha value is -1.38. The van der Waals surface area contributed by atoms with Gasteiger partial charge in [0.05, 0.1) is 11.9 Å². The number of anilines is 1. The van der Waals surface area contributed by atoms with Gasteiger partial charge >= 0.3 is 0 Å². The summed E-state index contributed by atoms with van der Waals surface area (Å²) in [5, 5.41) is 0. The summed E-state index contributed by atoms with van der Waals surface area (Å²) in [6, 6.07) is 3.79. The van der Waals surface area contributed by atoms with Crippen LogP contribution < -0.4 is 4.90 Å². The van der Waals surface area contributed by atoms with Crippen molar-refractivity contribution in [2.24, 2.45) is 5.92 Å². The van der Waals surface area contributed by atoms with Crippen molar-refractivity contribution in [3.8, 4) is 0 Å². The minimum Gasteiger partial charge on any atom is -0.373 e. The second kappa shape index (κ2) is 5.30. The number of Topliss-reactive ketones (excluding diaryl/α,β-unsaturated/α-hetero) is 1. The van der Waals surface area contributed by atoms with Crippen molar-refractivity contribution in [2.45, 2.75) is 32.6 Å². The minimum atomic E-state index is 0.0231. The largest absolute Gasteiger partial charge is 0.373 e. The van der Waals surface area contributed by atoms with Gasteiger partial charge in [0.1, 0.15) is 5.69 Å². The first-order valence-corrected chi connectivity index (χ1v) is 6.35. The van der Waals surface area contributed by atoms with E-state index in [0.29, 0.717) is 5.69 Å². The van der Waals surface area contributed by atoms with Crippen LogP contribution in [0.5, 0.6) is 0 Å². The topological polar surface area (TPSA) is 33.2 Å². The monoisotopic (exact) mass is 232 g/mol. The van der Waals surface area contributed by atoms with Gasteiger partial charge in [0.2, 0.25) is 0 Å². The van der Waals surface area contributed by atoms with Crippen LogP contribution in [0.15, 0.2) is 18.3 Å². The summed E-state index contributed by atoms with van der Waals surface area (Å²) in [7, 11) is 2.10. The summed E-state index contributed by atoms with van der Waals surface area (Å²) in [6.45, 7) is 2.64. The third kappa shape index (κ3) is 3.05. The van der Waals surface area contributed by atoms with E-state index in [4.69, 9.17) is 0 Å². The van der Waals surface area contributed by atoms with E-state index in [1.807, 2.05) is 12.1 Å². The molecular weight excluding hydrogens is 212 g/mol. The number of carbonyl (C=O) groups is 1. The second-order valence-electron chi connectivity index (χ2n) is 4.99. The highest BCUT2D eigenvalue weighted by atomic mass is 16.1. The van der Waals surface area contributed by atoms with Gasteiger partial charge in [0.15, 0.2) is 5.78 Å². The highest BCUT2D eigenvalue weighted by Crippen LogP contribution is 2.26. The van der Waals surface area contributed by atoms with E-state index in [2.05, 4.69) is 16.9 Å². The van der Waals surface area contributed by atoms with Crippen molar-refractivity contribution in [2.75, 3.05) is 18.5 Å². The number of aromatic nitrogens is 1. The summed E-state index contributed by atoms with van der Waals surface area (Å²) in [6.07, 6.45) is 7.25. The molecular formula is C14H20N2O. The Morgan fingerprint density at radius 3 is 2.65 bits per heavy atom. The molecule has 1 aliphatic carbocycles. The quantitative estimate of drug-likeness (QED) is 0.748. The zero-order chi connectivity index (χ0) is 12.3. The third-order valence-electron chi connectivity index (χ3n) is 3.56. The van der Waals surface area contributed by atoms with Crippen LogP contribution in [0.1, 0.15) is 43.1 Å². The van der Waals surface area contributed by atoms with E-state index in [9.17, 15) is 4.79 Å². The predicted molar refractivity (Wildman–Crippen MR) is 69.5 cm³/mol. The number of pyridine rings is 1. The van der Waals surface area contributed by atoms with Crippen LogP contribution in [0.4, 0.5) is 5.69 Å². The van der Waals surface area contributed by atoms with Gasteiger partial charge < -0.3 is 4.90 Å². The van der Waals surface area contributed by atoms with Gasteiger partial charge in [-0.25, -0.2) is 0 Å². The Kier molecular flexibility index (Phi) is 3.77. The smallest absolute Gasteiger partial charge is 0.178 e. The van der Waals surface area contributed by atoms with Gasteiger partial charge in [-0.1, -0.05) is 12.8 Å². The van der Waals surface area contributed by atoms with Crippen LogP contribution in [-0.2, 0) is 0 Å². The molecule has 0 saturated heterocycles. The highest BCUT2D eigenvalue weighted by Gasteiger charge is 2.17. The van der Waals surface area contributed by atoms with E-state index < -0.39 is 0 Å². The molecule has 2 rings (SSSR count). The van der Waals surface area contributed by atoms with Gasteiger partial charge in [0, 0.05) is 20.5 Å². The zero-order valence-corrected chi connectivity index (χ0v) is 10.6. The molecule has 0 aliphatic heterocycles. The van der Waals surface area contributed by atoms with Crippen LogP contribution in [0, 0.1) is 5.92 Å². The maximum absolute atomic E-state index is 11.1. The van der Waals surface area contributed by atoms with Crippen LogP contribution in [-0.4, -0.2) is 24.4 Å². The lowest BCUT2D eigenvalue weighted by Crippen LogP contribution is -2.24. The fourth-order valence-electron chi connectivity index (χ4n) is 2.51. The van der Waals surface area contributed by atoms with Crippen LogP contribution >= 0.6 is 0 Å². The Morgan fingerprint density at radius 1 is 1.41 bits per heavy atom. The van der Waals surface area contributed by atoms with Crippen LogP contribution in [0.2, 0.25) is 0 Å². The predicted octanol–water partition coefficient (Wildman–Crippen LogP) is 2.91. The van der Waals surface area contributed by atoms with Crippen molar-refractivity contribution < 1.29 is 4.79 Å². The SMILES string of the molecule is CC(=O)c1ccc(N(C)CC2CCCC2)cn1. The number of rotatable bonds is 4. The van der Waals surface area contributed by atoms with Gasteiger partial charge in [0.25, 0.3) is 0 Å². The number of ketones is 1. The molecule has 1 fully saturated rings. The molecule has 1 saturated carbocycles. The van der Waals surface area contributed by atoms with E-state index in [1.165, 1.54) is 25.7 Å². The van der Waals surface area contributed by atoms with E-state index in [1.54, 1.807) is 13.1 Å². The summed E-state index contributed by atoms with van der Waals surface area (Å²) >= 11 is 0. The fraction of sp³-hybridized carbons (Fsp3) is 0.571. The maximum atomic E-state index is 11.1. The van der Waals surface area contributed by atoms with Crippen LogP contribution in [0.25, 0.3) is 0 Å². The molecule has 0 amide bonds. The minimum absolute atomic E-state index is 0.0231. The molecule has 3 heteroatoms. The molecule has 3 nitrogen and oxygen atoms in total. The summed E-state index contributed by atoms with van der Waals surface area (Å²) in [5.74, 6) is 0.850. The van der Waals surface area contributed by atoms with Crippen molar-refractivity contribution in [1.82, 2.24) is 4.98 Å². The summed E-state index contributed by atoms with van der Waals surface area (Å²) < 4.78 is 0. The molecule has 17 heavy (non-hydrogen) atoms. The van der Waals surface area contributed by atoms with Gasteiger partial charge in [-0.05, 0) is 30.9 Å². The van der Waals surface area contributed by atoms with Crippen molar-refractivity contribution in [3.63, 3.8) is 0 Å². The Balaban J connectivity index is 1.98. The van der Waals surface area contributed by atoms with Crippen LogP contribution in [0.3, 0.4) is 0 Å². The molecule has 0 bridgehead atoms. The first kappa shape index (κ1) is 12.1. The second-order valence-corrected chi connectivity index (χ2v) is 4.99. The van der Waals surface area contributed by atoms with Crippen molar-refractivity contribution in [3.05, 3.63) is 24.0 Å². The average molecular weight is 232 g/mol. The lowest BCUT2D eigenvalue weighted by atomic mass is 10.1. The normalized spacial score (nSPS) is 16.1. The lowest BCUT2D eigenvalue weighted by molar-refractivity contribution is 0.101. The Morgan fingerprint density at radius 2 is 2.12 bits per heavy atom. The first-order valence-electron chi connectivity index (χ1n) is 6.35.